The number of esters is 1. The van der Waals surface area contributed by atoms with Crippen molar-refractivity contribution in [2.24, 2.45) is 0 Å². The summed E-state index contributed by atoms with van der Waals surface area (Å²) in [5, 5.41) is 15.3. The largest absolute Gasteiger partial charge is 0.465 e. The Hall–Kier alpha value is -3.45. The molecule has 0 aromatic carbocycles. The maximum Gasteiger partial charge on any atom is 0.325 e. The summed E-state index contributed by atoms with van der Waals surface area (Å²) in [4.78, 5) is 51.9. The molecular weight excluding hydrogens is 392 g/mol. The standard InChI is InChI=1S/C20H26N4O6/c1-4-7-17(25)23-16(20(28)22-13-19(27)30-6-3)10-11-18(26)24(29)15-9-8-14(5-2)21-12-15/h2,8-9,12,16,29H,4,6-7,10-11,13H2,1,3H3,(H,22,28)(H,23,25)/t16-/m0/s1. The second-order valence-electron chi connectivity index (χ2n) is 6.18. The Kier molecular flexibility index (Phi) is 10.6. The fraction of sp³-hybridized carbons (Fsp3) is 0.450. The van der Waals surface area contributed by atoms with Gasteiger partial charge in [0.1, 0.15) is 18.3 Å². The summed E-state index contributed by atoms with van der Waals surface area (Å²) in [6, 6.07) is 1.83. The molecule has 0 spiro atoms. The molecule has 0 bridgehead atoms. The van der Waals surface area contributed by atoms with Crippen molar-refractivity contribution in [2.75, 3.05) is 18.2 Å². The van der Waals surface area contributed by atoms with Crippen LogP contribution in [0.25, 0.3) is 0 Å². The van der Waals surface area contributed by atoms with E-state index in [4.69, 9.17) is 11.2 Å². The van der Waals surface area contributed by atoms with Gasteiger partial charge < -0.3 is 15.4 Å². The van der Waals surface area contributed by atoms with Crippen molar-refractivity contribution in [3.63, 3.8) is 0 Å². The topological polar surface area (TPSA) is 138 Å². The van der Waals surface area contributed by atoms with Crippen LogP contribution >= 0.6 is 0 Å². The van der Waals surface area contributed by atoms with Gasteiger partial charge in [-0.15, -0.1) is 6.42 Å². The number of hydrogen-bond acceptors (Lipinski definition) is 7. The van der Waals surface area contributed by atoms with Gasteiger partial charge in [0.05, 0.1) is 18.5 Å². The number of rotatable bonds is 11. The molecule has 30 heavy (non-hydrogen) atoms. The minimum Gasteiger partial charge on any atom is -0.465 e. The summed E-state index contributed by atoms with van der Waals surface area (Å²) < 4.78 is 4.73. The van der Waals surface area contributed by atoms with Crippen LogP contribution < -0.4 is 15.7 Å². The Morgan fingerprint density at radius 1 is 1.27 bits per heavy atom. The normalized spacial score (nSPS) is 11.0. The smallest absolute Gasteiger partial charge is 0.325 e. The molecule has 3 N–H and O–H groups in total. The van der Waals surface area contributed by atoms with Crippen molar-refractivity contribution in [3.8, 4) is 12.3 Å². The Balaban J connectivity index is 2.73. The fourth-order valence-electron chi connectivity index (χ4n) is 2.37. The third-order valence-electron chi connectivity index (χ3n) is 3.86. The number of hydrogen-bond donors (Lipinski definition) is 3. The SMILES string of the molecule is C#Cc1ccc(N(O)C(=O)CC[C@H](NC(=O)CCC)C(=O)NCC(=O)OCC)cn1. The summed E-state index contributed by atoms with van der Waals surface area (Å²) in [6.07, 6.45) is 6.88. The van der Waals surface area contributed by atoms with Crippen LogP contribution in [0.3, 0.4) is 0 Å². The lowest BCUT2D eigenvalue weighted by Gasteiger charge is -2.20. The van der Waals surface area contributed by atoms with Crippen LogP contribution in [0, 0.1) is 12.3 Å². The first kappa shape index (κ1) is 24.6. The van der Waals surface area contributed by atoms with Gasteiger partial charge in [0.15, 0.2) is 0 Å². The molecule has 0 radical (unpaired) electrons. The average Bonchev–Trinajstić information content (AvgIpc) is 2.74. The Morgan fingerprint density at radius 3 is 2.57 bits per heavy atom. The molecule has 0 aliphatic rings. The number of nitrogens with one attached hydrogen (secondary N) is 2. The Bertz CT molecular complexity index is 787. The highest BCUT2D eigenvalue weighted by Gasteiger charge is 2.24. The molecule has 0 unspecified atom stereocenters. The van der Waals surface area contributed by atoms with E-state index in [1.807, 2.05) is 6.92 Å². The van der Waals surface area contributed by atoms with Gasteiger partial charge in [0.25, 0.3) is 5.91 Å². The molecular formula is C20H26N4O6. The summed E-state index contributed by atoms with van der Waals surface area (Å²) >= 11 is 0. The molecule has 0 fully saturated rings. The van der Waals surface area contributed by atoms with Crippen LogP contribution in [0.2, 0.25) is 0 Å². The van der Waals surface area contributed by atoms with E-state index in [0.717, 1.165) is 0 Å². The van der Waals surface area contributed by atoms with Gasteiger partial charge in [0, 0.05) is 12.8 Å². The van der Waals surface area contributed by atoms with Crippen molar-refractivity contribution >= 4 is 29.4 Å². The second-order valence-corrected chi connectivity index (χ2v) is 6.18. The minimum absolute atomic E-state index is 0.0874. The van der Waals surface area contributed by atoms with Crippen molar-refractivity contribution < 1.29 is 29.1 Å². The molecule has 1 rings (SSSR count). The van der Waals surface area contributed by atoms with E-state index in [2.05, 4.69) is 21.5 Å². The van der Waals surface area contributed by atoms with Gasteiger partial charge in [-0.3, -0.25) is 24.4 Å². The summed E-state index contributed by atoms with van der Waals surface area (Å²) in [5.74, 6) is -0.0121. The number of ether oxygens (including phenoxy) is 1. The first-order chi connectivity index (χ1) is 14.3. The number of anilines is 1. The van der Waals surface area contributed by atoms with Crippen LogP contribution in [0.5, 0.6) is 0 Å². The van der Waals surface area contributed by atoms with Gasteiger partial charge >= 0.3 is 5.97 Å². The number of nitrogens with zero attached hydrogens (tertiary/aromatic N) is 2. The fourth-order valence-corrected chi connectivity index (χ4v) is 2.37. The molecule has 1 aromatic rings. The molecule has 0 saturated heterocycles. The van der Waals surface area contributed by atoms with E-state index in [0.29, 0.717) is 17.2 Å². The van der Waals surface area contributed by atoms with Crippen molar-refractivity contribution in [3.05, 3.63) is 24.0 Å². The second kappa shape index (κ2) is 12.9. The molecule has 1 heterocycles. The average molecular weight is 418 g/mol. The molecule has 0 aliphatic heterocycles. The Morgan fingerprint density at radius 2 is 2.00 bits per heavy atom. The van der Waals surface area contributed by atoms with E-state index >= 15 is 0 Å². The molecule has 3 amide bonds. The third kappa shape index (κ3) is 8.28. The lowest BCUT2D eigenvalue weighted by atomic mass is 10.1. The lowest BCUT2D eigenvalue weighted by Crippen LogP contribution is -2.48. The van der Waals surface area contributed by atoms with Gasteiger partial charge in [0.2, 0.25) is 11.8 Å². The summed E-state index contributed by atoms with van der Waals surface area (Å²) in [6.45, 7) is 3.25. The number of terminal acetylenes is 1. The minimum atomic E-state index is -1.06. The molecule has 0 aliphatic carbocycles. The molecule has 1 atom stereocenters. The van der Waals surface area contributed by atoms with Crippen molar-refractivity contribution in [1.29, 1.82) is 0 Å². The number of hydroxylamine groups is 1. The molecule has 1 aromatic heterocycles. The van der Waals surface area contributed by atoms with Crippen LogP contribution in [-0.2, 0) is 23.9 Å². The van der Waals surface area contributed by atoms with E-state index in [9.17, 15) is 24.4 Å². The number of carbonyl (C=O) groups is 4. The van der Waals surface area contributed by atoms with E-state index in [-0.39, 0.29) is 44.0 Å². The summed E-state index contributed by atoms with van der Waals surface area (Å²) in [5.41, 5.74) is 0.453. The van der Waals surface area contributed by atoms with E-state index in [1.54, 1.807) is 6.92 Å². The lowest BCUT2D eigenvalue weighted by molar-refractivity contribution is -0.143. The predicted molar refractivity (Wildman–Crippen MR) is 107 cm³/mol. The van der Waals surface area contributed by atoms with Crippen molar-refractivity contribution in [1.82, 2.24) is 15.6 Å². The predicted octanol–water partition coefficient (Wildman–Crippen LogP) is 0.530. The van der Waals surface area contributed by atoms with Crippen molar-refractivity contribution in [2.45, 2.75) is 45.6 Å². The first-order valence-corrected chi connectivity index (χ1v) is 9.49. The zero-order valence-electron chi connectivity index (χ0n) is 17.0. The quantitative estimate of drug-likeness (QED) is 0.206. The maximum atomic E-state index is 12.4. The summed E-state index contributed by atoms with van der Waals surface area (Å²) in [7, 11) is 0. The van der Waals surface area contributed by atoms with Crippen LogP contribution in [0.15, 0.2) is 18.3 Å². The van der Waals surface area contributed by atoms with Gasteiger partial charge in [-0.25, -0.2) is 4.98 Å². The Labute approximate surface area is 174 Å². The van der Waals surface area contributed by atoms with Gasteiger partial charge in [-0.05, 0) is 31.9 Å². The third-order valence-corrected chi connectivity index (χ3v) is 3.86. The van der Waals surface area contributed by atoms with E-state index in [1.165, 1.54) is 18.3 Å². The van der Waals surface area contributed by atoms with Crippen LogP contribution in [-0.4, -0.2) is 53.1 Å². The zero-order chi connectivity index (χ0) is 22.5. The van der Waals surface area contributed by atoms with E-state index < -0.39 is 23.8 Å². The monoisotopic (exact) mass is 418 g/mol. The van der Waals surface area contributed by atoms with Crippen LogP contribution in [0.4, 0.5) is 5.69 Å². The highest BCUT2D eigenvalue weighted by atomic mass is 16.5. The molecule has 162 valence electrons. The zero-order valence-corrected chi connectivity index (χ0v) is 17.0. The number of pyridine rings is 1. The van der Waals surface area contributed by atoms with Crippen LogP contribution in [0.1, 0.15) is 45.2 Å². The first-order valence-electron chi connectivity index (χ1n) is 9.49. The molecule has 10 nitrogen and oxygen atoms in total. The highest BCUT2D eigenvalue weighted by Crippen LogP contribution is 2.13. The van der Waals surface area contributed by atoms with Gasteiger partial charge in [-0.1, -0.05) is 12.8 Å². The maximum absolute atomic E-state index is 12.4. The highest BCUT2D eigenvalue weighted by molar-refractivity contribution is 5.93. The van der Waals surface area contributed by atoms with Gasteiger partial charge in [-0.2, -0.15) is 5.06 Å². The number of amides is 3. The number of aromatic nitrogens is 1. The number of carbonyl (C=O) groups excluding carboxylic acids is 4. The molecule has 0 saturated carbocycles. The molecule has 10 heteroatoms.